The predicted octanol–water partition coefficient (Wildman–Crippen LogP) is 0.270. The van der Waals surface area contributed by atoms with Gasteiger partial charge in [-0.25, -0.2) is 0 Å². The van der Waals surface area contributed by atoms with Crippen molar-refractivity contribution < 1.29 is 5.11 Å². The first-order chi connectivity index (χ1) is 10.7. The van der Waals surface area contributed by atoms with E-state index in [9.17, 15) is 9.90 Å². The second kappa shape index (κ2) is 6.72. The van der Waals surface area contributed by atoms with Crippen molar-refractivity contribution in [3.05, 3.63) is 20.7 Å². The van der Waals surface area contributed by atoms with Crippen LogP contribution in [0.1, 0.15) is 24.4 Å². The first-order valence-electron chi connectivity index (χ1n) is 7.67. The normalized spacial score (nSPS) is 19.8. The van der Waals surface area contributed by atoms with E-state index in [1.807, 2.05) is 0 Å². The third-order valence-electron chi connectivity index (χ3n) is 4.04. The van der Waals surface area contributed by atoms with Crippen molar-refractivity contribution in [2.75, 3.05) is 39.3 Å². The smallest absolute Gasteiger partial charge is 0.264 e. The van der Waals surface area contributed by atoms with Crippen LogP contribution in [0.15, 0.2) is 9.79 Å². The highest BCUT2D eigenvalue weighted by Gasteiger charge is 2.27. The molecule has 0 spiro atoms. The van der Waals surface area contributed by atoms with Crippen LogP contribution in [0, 0.1) is 4.77 Å². The van der Waals surface area contributed by atoms with Crippen molar-refractivity contribution in [3.8, 4) is 5.88 Å². The summed E-state index contributed by atoms with van der Waals surface area (Å²) < 4.78 is 1.90. The molecule has 1 aliphatic heterocycles. The highest BCUT2D eigenvalue weighted by molar-refractivity contribution is 7.71. The molecule has 8 heteroatoms. The lowest BCUT2D eigenvalue weighted by molar-refractivity contribution is 0.248. The number of piperazine rings is 1. The highest BCUT2D eigenvalue weighted by Crippen LogP contribution is 2.37. The molecular formula is C14H21N5O2S. The number of aliphatic imine (C=N–C) groups is 1. The molecular weight excluding hydrogens is 302 g/mol. The maximum Gasteiger partial charge on any atom is 0.264 e. The molecule has 0 radical (unpaired) electrons. The minimum absolute atomic E-state index is 0.0674. The van der Waals surface area contributed by atoms with Gasteiger partial charge in [0.15, 0.2) is 4.77 Å². The van der Waals surface area contributed by atoms with Crippen LogP contribution in [0.3, 0.4) is 0 Å². The lowest BCUT2D eigenvalue weighted by atomic mass is 10.3. The largest absolute Gasteiger partial charge is 0.494 e. The van der Waals surface area contributed by atoms with Gasteiger partial charge < -0.3 is 10.4 Å². The molecule has 2 heterocycles. The van der Waals surface area contributed by atoms with E-state index in [0.717, 1.165) is 45.6 Å². The van der Waals surface area contributed by atoms with E-state index in [0.29, 0.717) is 6.54 Å². The molecule has 0 aromatic carbocycles. The van der Waals surface area contributed by atoms with Gasteiger partial charge in [-0.15, -0.1) is 0 Å². The van der Waals surface area contributed by atoms with Crippen LogP contribution in [-0.2, 0) is 0 Å². The van der Waals surface area contributed by atoms with E-state index >= 15 is 0 Å². The number of nitrogens with one attached hydrogen (secondary N) is 2. The summed E-state index contributed by atoms with van der Waals surface area (Å²) >= 11 is 5.11. The minimum Gasteiger partial charge on any atom is -0.494 e. The Morgan fingerprint density at radius 3 is 2.77 bits per heavy atom. The molecule has 0 bridgehead atoms. The molecule has 3 N–H and O–H groups in total. The van der Waals surface area contributed by atoms with Gasteiger partial charge in [-0.05, 0) is 25.1 Å². The zero-order valence-electron chi connectivity index (χ0n) is 12.4. The van der Waals surface area contributed by atoms with Crippen LogP contribution in [0.5, 0.6) is 5.88 Å². The number of nitrogens with zero attached hydrogens (tertiary/aromatic N) is 3. The van der Waals surface area contributed by atoms with Gasteiger partial charge in [-0.1, -0.05) is 0 Å². The quantitative estimate of drug-likeness (QED) is 0.535. The number of hydrogen-bond donors (Lipinski definition) is 3. The fraction of sp³-hybridized carbons (Fsp3) is 0.643. The van der Waals surface area contributed by atoms with Gasteiger partial charge in [0, 0.05) is 45.0 Å². The van der Waals surface area contributed by atoms with E-state index in [4.69, 9.17) is 12.2 Å². The number of hydrogen-bond acceptors (Lipinski definition) is 6. The first kappa shape index (κ1) is 15.4. The summed E-state index contributed by atoms with van der Waals surface area (Å²) in [7, 11) is 0. The standard InChI is InChI=1S/C14H21N5O2S/c20-12-11(9-16-5-8-18-6-3-15-4-7-18)13(21)19(10-1-2-10)14(22)17-12/h9-10,15,21H,1-8H2,(H,17,20,22). The molecule has 1 aromatic heterocycles. The molecule has 3 rings (SSSR count). The lowest BCUT2D eigenvalue weighted by Crippen LogP contribution is -2.44. The van der Waals surface area contributed by atoms with Crippen molar-refractivity contribution in [3.63, 3.8) is 0 Å². The molecule has 7 nitrogen and oxygen atoms in total. The second-order valence-corrected chi connectivity index (χ2v) is 6.11. The van der Waals surface area contributed by atoms with E-state index in [2.05, 4.69) is 20.2 Å². The fourth-order valence-electron chi connectivity index (χ4n) is 2.63. The van der Waals surface area contributed by atoms with E-state index in [1.54, 1.807) is 4.57 Å². The summed E-state index contributed by atoms with van der Waals surface area (Å²) in [6.07, 6.45) is 3.42. The monoisotopic (exact) mass is 323 g/mol. The van der Waals surface area contributed by atoms with Crippen LogP contribution < -0.4 is 10.9 Å². The van der Waals surface area contributed by atoms with Crippen molar-refractivity contribution in [1.82, 2.24) is 19.8 Å². The highest BCUT2D eigenvalue weighted by atomic mass is 32.1. The van der Waals surface area contributed by atoms with Crippen molar-refractivity contribution in [2.24, 2.45) is 4.99 Å². The average molecular weight is 323 g/mol. The number of aromatic nitrogens is 2. The zero-order valence-corrected chi connectivity index (χ0v) is 13.2. The number of rotatable bonds is 5. The summed E-state index contributed by atoms with van der Waals surface area (Å²) in [4.78, 5) is 21.2. The summed E-state index contributed by atoms with van der Waals surface area (Å²) in [6.45, 7) is 5.52. The molecule has 1 saturated carbocycles. The number of H-pyrrole nitrogens is 1. The van der Waals surface area contributed by atoms with E-state index < -0.39 is 0 Å². The molecule has 120 valence electrons. The molecule has 0 atom stereocenters. The molecule has 22 heavy (non-hydrogen) atoms. The molecule has 1 saturated heterocycles. The molecule has 0 amide bonds. The Bertz CT molecular complexity index is 671. The zero-order chi connectivity index (χ0) is 15.5. The second-order valence-electron chi connectivity index (χ2n) is 5.72. The van der Waals surface area contributed by atoms with E-state index in [1.165, 1.54) is 6.21 Å². The fourth-order valence-corrected chi connectivity index (χ4v) is 2.96. The summed E-state index contributed by atoms with van der Waals surface area (Å²) in [5.41, 5.74) is -0.189. The summed E-state index contributed by atoms with van der Waals surface area (Å²) in [6, 6.07) is 0.206. The van der Waals surface area contributed by atoms with Crippen molar-refractivity contribution in [1.29, 1.82) is 0 Å². The molecule has 1 aromatic rings. The van der Waals surface area contributed by atoms with Crippen LogP contribution in [0.4, 0.5) is 0 Å². The Balaban J connectivity index is 1.69. The maximum atomic E-state index is 11.9. The van der Waals surface area contributed by atoms with Crippen LogP contribution in [0.2, 0.25) is 0 Å². The third kappa shape index (κ3) is 3.45. The van der Waals surface area contributed by atoms with Gasteiger partial charge in [0.05, 0.1) is 6.54 Å². The van der Waals surface area contributed by atoms with Gasteiger partial charge in [-0.2, -0.15) is 0 Å². The van der Waals surface area contributed by atoms with Gasteiger partial charge in [0.1, 0.15) is 5.56 Å². The van der Waals surface area contributed by atoms with Crippen molar-refractivity contribution >= 4 is 18.4 Å². The number of aromatic amines is 1. The van der Waals surface area contributed by atoms with Crippen molar-refractivity contribution in [2.45, 2.75) is 18.9 Å². The Morgan fingerprint density at radius 1 is 1.36 bits per heavy atom. The third-order valence-corrected chi connectivity index (χ3v) is 4.34. The summed E-state index contributed by atoms with van der Waals surface area (Å²) in [5, 5.41) is 13.6. The van der Waals surface area contributed by atoms with Gasteiger partial charge in [0.2, 0.25) is 5.88 Å². The molecule has 2 aliphatic rings. The van der Waals surface area contributed by atoms with Gasteiger partial charge >= 0.3 is 0 Å². The predicted molar refractivity (Wildman–Crippen MR) is 87.6 cm³/mol. The molecule has 2 fully saturated rings. The topological polar surface area (TPSA) is 85.6 Å². The first-order valence-corrected chi connectivity index (χ1v) is 8.08. The maximum absolute atomic E-state index is 11.9. The van der Waals surface area contributed by atoms with Gasteiger partial charge in [0.25, 0.3) is 5.56 Å². The summed E-state index contributed by atoms with van der Waals surface area (Å²) in [5.74, 6) is -0.0674. The molecule has 0 unspecified atom stereocenters. The Labute approximate surface area is 133 Å². The van der Waals surface area contributed by atoms with Crippen LogP contribution >= 0.6 is 12.2 Å². The lowest BCUT2D eigenvalue weighted by Gasteiger charge is -2.26. The SMILES string of the molecule is O=c1[nH]c(=S)n(C2CC2)c(O)c1C=NCCN1CCNCC1. The van der Waals surface area contributed by atoms with Crippen LogP contribution in [0.25, 0.3) is 0 Å². The van der Waals surface area contributed by atoms with E-state index in [-0.39, 0.29) is 27.8 Å². The Hall–Kier alpha value is -1.51. The van der Waals surface area contributed by atoms with Gasteiger partial charge in [-0.3, -0.25) is 24.2 Å². The van der Waals surface area contributed by atoms with Crippen LogP contribution in [-0.4, -0.2) is 65.0 Å². The Morgan fingerprint density at radius 2 is 2.09 bits per heavy atom. The Kier molecular flexibility index (Phi) is 4.70. The molecule has 1 aliphatic carbocycles. The number of aromatic hydroxyl groups is 1. The average Bonchev–Trinajstić information content (AvgIpc) is 3.32. The minimum atomic E-state index is -0.384.